The number of hydrogen-bond acceptors (Lipinski definition) is 6. The third-order valence-electron chi connectivity index (χ3n) is 17.8. The second kappa shape index (κ2) is 13.4. The largest absolute Gasteiger partial charge is 0.439 e. The normalized spacial score (nSPS) is 47.5. The highest BCUT2D eigenvalue weighted by Crippen LogP contribution is 2.89. The van der Waals surface area contributed by atoms with E-state index in [0.29, 0.717) is 34.5 Å². The van der Waals surface area contributed by atoms with Gasteiger partial charge in [0.2, 0.25) is 0 Å². The van der Waals surface area contributed by atoms with Crippen LogP contribution >= 0.6 is 0 Å². The van der Waals surface area contributed by atoms with Gasteiger partial charge in [-0.15, -0.1) is 0 Å². The Kier molecular flexibility index (Phi) is 10.1. The molecule has 14 atom stereocenters. The van der Waals surface area contributed by atoms with Gasteiger partial charge >= 0.3 is 6.09 Å². The molecule has 7 rings (SSSR count). The molecule has 0 radical (unpaired) electrons. The Morgan fingerprint density at radius 3 is 2.27 bits per heavy atom. The molecule has 5 aliphatic carbocycles. The lowest BCUT2D eigenvalue weighted by atomic mass is 9.41. The van der Waals surface area contributed by atoms with Crippen LogP contribution in [-0.2, 0) is 23.4 Å². The van der Waals surface area contributed by atoms with Crippen molar-refractivity contribution in [1.82, 2.24) is 5.32 Å². The molecule has 0 aromatic carbocycles. The summed E-state index contributed by atoms with van der Waals surface area (Å²) in [6.07, 6.45) is 12.4. The standard InChI is InChI=1S/C43H73NO6Si/c1-12-51(13-2,14-3)50-37-36-34(28(6)25-29(47-36)35(27(4)5)49-38(45)44-11)40(9)22-23-43-26-42(43)21-20-32(48-33-17-15-16-24-46-33)39(7,8)30(42)18-19-31(43)41(37,40)10/h28-37H,4,12-26H2,1-3,5-11H3,(H,44,45)/t28-,29-,30+,31+,32+,33+,34+,35-,36+,37+,40-,41-,42-,43?/m1/s1. The smallest absolute Gasteiger partial charge is 0.407 e. The van der Waals surface area contributed by atoms with E-state index in [4.69, 9.17) is 23.4 Å². The zero-order valence-electron chi connectivity index (χ0n) is 34.0. The molecule has 7 fully saturated rings. The number of rotatable bonds is 10. The first-order valence-corrected chi connectivity index (χ1v) is 23.8. The highest BCUT2D eigenvalue weighted by molar-refractivity contribution is 6.73. The van der Waals surface area contributed by atoms with E-state index in [2.05, 4.69) is 67.3 Å². The van der Waals surface area contributed by atoms with Crippen molar-refractivity contribution < 1.29 is 28.2 Å². The molecule has 2 spiro atoms. The predicted octanol–water partition coefficient (Wildman–Crippen LogP) is 10.0. The van der Waals surface area contributed by atoms with Gasteiger partial charge in [0.15, 0.2) is 20.7 Å². The number of amides is 1. The molecule has 7 aliphatic rings. The molecule has 1 N–H and O–H groups in total. The van der Waals surface area contributed by atoms with Crippen LogP contribution in [0, 0.1) is 50.7 Å². The summed E-state index contributed by atoms with van der Waals surface area (Å²) in [4.78, 5) is 12.6. The van der Waals surface area contributed by atoms with Gasteiger partial charge in [-0.05, 0) is 147 Å². The van der Waals surface area contributed by atoms with Crippen molar-refractivity contribution in [3.05, 3.63) is 12.2 Å². The first-order chi connectivity index (χ1) is 24.1. The van der Waals surface area contributed by atoms with Crippen LogP contribution in [0.2, 0.25) is 18.1 Å². The Bertz CT molecular complexity index is 1320. The SMILES string of the molecule is C=C(C)[C@@H](OC(=O)NC)[C@H]1C[C@@H](C)[C@H]2[C@H](O1)[C@H](O[Si](CC)(CC)CC)[C@@]1(C)[C@@H]3CC[C@H]4C(C)(C)[C@@H](O[C@H]5CCCCO5)CC[C@@]45CC35CC[C@]21C. The molecule has 0 aromatic heterocycles. The minimum Gasteiger partial charge on any atom is -0.439 e. The molecular formula is C43H73NO6Si. The second-order valence-electron chi connectivity index (χ2n) is 19.7. The molecule has 1 amide bonds. The third-order valence-corrected chi connectivity index (χ3v) is 22.4. The first kappa shape index (κ1) is 38.3. The van der Waals surface area contributed by atoms with Gasteiger partial charge in [-0.1, -0.05) is 62.0 Å². The van der Waals surface area contributed by atoms with Crippen molar-refractivity contribution in [2.24, 2.45) is 50.7 Å². The average molecular weight is 728 g/mol. The van der Waals surface area contributed by atoms with Gasteiger partial charge in [0.1, 0.15) is 0 Å². The fraction of sp³-hybridized carbons (Fsp3) is 0.930. The number of alkyl carbamates (subject to hydrolysis) is 1. The molecule has 290 valence electrons. The van der Waals surface area contributed by atoms with Crippen LogP contribution in [-0.4, -0.2) is 64.9 Å². The van der Waals surface area contributed by atoms with Gasteiger partial charge in [-0.3, -0.25) is 0 Å². The van der Waals surface area contributed by atoms with Gasteiger partial charge in [-0.25, -0.2) is 4.79 Å². The Hall–Kier alpha value is -0.933. The summed E-state index contributed by atoms with van der Waals surface area (Å²) in [5, 5.41) is 2.66. The first-order valence-electron chi connectivity index (χ1n) is 21.3. The Morgan fingerprint density at radius 1 is 0.961 bits per heavy atom. The van der Waals surface area contributed by atoms with Gasteiger partial charge in [0, 0.05) is 19.1 Å². The van der Waals surface area contributed by atoms with E-state index in [1.165, 1.54) is 44.9 Å². The molecule has 1 unspecified atom stereocenters. The van der Waals surface area contributed by atoms with E-state index in [9.17, 15) is 4.79 Å². The molecule has 51 heavy (non-hydrogen) atoms. The van der Waals surface area contributed by atoms with Crippen LogP contribution in [0.3, 0.4) is 0 Å². The highest BCUT2D eigenvalue weighted by atomic mass is 28.4. The zero-order valence-corrected chi connectivity index (χ0v) is 35.0. The lowest BCUT2D eigenvalue weighted by Crippen LogP contribution is -2.61. The van der Waals surface area contributed by atoms with Crippen molar-refractivity contribution in [1.29, 1.82) is 0 Å². The highest BCUT2D eigenvalue weighted by Gasteiger charge is 2.85. The number of ether oxygens (including phenoxy) is 4. The molecule has 2 saturated heterocycles. The molecule has 8 heteroatoms. The molecule has 5 saturated carbocycles. The van der Waals surface area contributed by atoms with Crippen LogP contribution in [0.5, 0.6) is 0 Å². The molecular weight excluding hydrogens is 655 g/mol. The maximum Gasteiger partial charge on any atom is 0.407 e. The van der Waals surface area contributed by atoms with Crippen molar-refractivity contribution in [3.63, 3.8) is 0 Å². The summed E-state index contributed by atoms with van der Waals surface area (Å²) < 4.78 is 34.3. The van der Waals surface area contributed by atoms with E-state index in [1.54, 1.807) is 7.05 Å². The molecule has 0 aromatic rings. The third kappa shape index (κ3) is 5.46. The maximum absolute atomic E-state index is 12.6. The van der Waals surface area contributed by atoms with E-state index in [-0.39, 0.29) is 47.0 Å². The molecule has 7 nitrogen and oxygen atoms in total. The number of hydrogen-bond donors (Lipinski definition) is 1. The quantitative estimate of drug-likeness (QED) is 0.137. The monoisotopic (exact) mass is 728 g/mol. The van der Waals surface area contributed by atoms with Crippen LogP contribution < -0.4 is 5.32 Å². The van der Waals surface area contributed by atoms with Crippen molar-refractivity contribution in [2.75, 3.05) is 13.7 Å². The summed E-state index contributed by atoms with van der Waals surface area (Å²) in [6.45, 7) is 27.1. The maximum atomic E-state index is 12.6. The Morgan fingerprint density at radius 2 is 1.65 bits per heavy atom. The zero-order chi connectivity index (χ0) is 36.8. The Balaban J connectivity index is 1.25. The summed E-state index contributed by atoms with van der Waals surface area (Å²) in [6, 6.07) is 3.40. The predicted molar refractivity (Wildman–Crippen MR) is 205 cm³/mol. The number of carbonyl (C=O) groups excluding carboxylic acids is 1. The number of nitrogens with one attached hydrogen (secondary N) is 1. The lowest BCUT2D eigenvalue weighted by Gasteiger charge is -2.64. The van der Waals surface area contributed by atoms with Crippen molar-refractivity contribution in [3.8, 4) is 0 Å². The summed E-state index contributed by atoms with van der Waals surface area (Å²) in [5.74, 6) is 2.14. The van der Waals surface area contributed by atoms with E-state index in [1.807, 2.05) is 6.92 Å². The minimum atomic E-state index is -2.02. The van der Waals surface area contributed by atoms with Gasteiger partial charge in [0.25, 0.3) is 0 Å². The number of fused-ring (bicyclic) bond motifs is 4. The number of carbonyl (C=O) groups is 1. The van der Waals surface area contributed by atoms with Crippen molar-refractivity contribution in [2.45, 2.75) is 188 Å². The Labute approximate surface area is 311 Å². The summed E-state index contributed by atoms with van der Waals surface area (Å²) >= 11 is 0. The summed E-state index contributed by atoms with van der Waals surface area (Å²) in [7, 11) is -0.397. The van der Waals surface area contributed by atoms with Gasteiger partial charge < -0.3 is 28.7 Å². The fourth-order valence-corrected chi connectivity index (χ4v) is 17.8. The topological polar surface area (TPSA) is 75.3 Å². The van der Waals surface area contributed by atoms with E-state index < -0.39 is 20.5 Å². The fourth-order valence-electron chi connectivity index (χ4n) is 14.8. The van der Waals surface area contributed by atoms with E-state index >= 15 is 0 Å². The van der Waals surface area contributed by atoms with Gasteiger partial charge in [0.05, 0.1) is 24.4 Å². The van der Waals surface area contributed by atoms with Crippen LogP contribution in [0.25, 0.3) is 0 Å². The van der Waals surface area contributed by atoms with Crippen LogP contribution in [0.15, 0.2) is 12.2 Å². The van der Waals surface area contributed by atoms with E-state index in [0.717, 1.165) is 56.0 Å². The average Bonchev–Trinajstić information content (AvgIpc) is 3.74. The minimum absolute atomic E-state index is 0.00373. The lowest BCUT2D eigenvalue weighted by molar-refractivity contribution is -0.242. The molecule has 0 bridgehead atoms. The molecule has 2 aliphatic heterocycles. The van der Waals surface area contributed by atoms with Gasteiger partial charge in [-0.2, -0.15) is 0 Å². The van der Waals surface area contributed by atoms with Crippen LogP contribution in [0.1, 0.15) is 133 Å². The summed E-state index contributed by atoms with van der Waals surface area (Å²) in [5.41, 5.74) is 1.88. The second-order valence-corrected chi connectivity index (χ2v) is 24.5. The van der Waals surface area contributed by atoms with Crippen molar-refractivity contribution >= 4 is 14.4 Å². The van der Waals surface area contributed by atoms with Crippen LogP contribution in [0.4, 0.5) is 4.79 Å². The molecule has 2 heterocycles.